The Morgan fingerprint density at radius 2 is 1.88 bits per heavy atom. The Labute approximate surface area is 153 Å². The molecule has 2 fully saturated rings. The van der Waals surface area contributed by atoms with E-state index < -0.39 is 5.60 Å². The zero-order valence-corrected chi connectivity index (χ0v) is 14.7. The molecule has 2 aliphatic heterocycles. The fourth-order valence-corrected chi connectivity index (χ4v) is 3.66. The number of anilines is 1. The number of carbonyl (C=O) groups excluding carboxylic acids is 1. The van der Waals surface area contributed by atoms with Crippen LogP contribution in [0.2, 0.25) is 0 Å². The summed E-state index contributed by atoms with van der Waals surface area (Å²) in [7, 11) is 0. The highest BCUT2D eigenvalue weighted by molar-refractivity contribution is 5.94. The average molecular weight is 353 g/mol. The van der Waals surface area contributed by atoms with E-state index in [0.29, 0.717) is 19.8 Å². The van der Waals surface area contributed by atoms with E-state index in [1.165, 1.54) is 5.56 Å². The summed E-state index contributed by atoms with van der Waals surface area (Å²) in [6.07, 6.45) is 3.63. The summed E-state index contributed by atoms with van der Waals surface area (Å²) < 4.78 is 11.9. The van der Waals surface area contributed by atoms with Crippen LogP contribution in [0.5, 0.6) is 0 Å². The van der Waals surface area contributed by atoms with Gasteiger partial charge in [0.2, 0.25) is 0 Å². The molecule has 1 unspecified atom stereocenters. The number of hydrogen-bond acceptors (Lipinski definition) is 5. The number of rotatable bonds is 3. The summed E-state index contributed by atoms with van der Waals surface area (Å²) in [6.45, 7) is 4.08. The van der Waals surface area contributed by atoms with E-state index in [-0.39, 0.29) is 12.5 Å². The van der Waals surface area contributed by atoms with Gasteiger partial charge in [-0.25, -0.2) is 0 Å². The van der Waals surface area contributed by atoms with Crippen LogP contribution in [0.4, 0.5) is 5.69 Å². The van der Waals surface area contributed by atoms with Gasteiger partial charge < -0.3 is 14.4 Å². The van der Waals surface area contributed by atoms with Gasteiger partial charge in [-0.15, -0.1) is 0 Å². The first kappa shape index (κ1) is 17.1. The first-order valence-corrected chi connectivity index (χ1v) is 8.93. The molecule has 0 bridgehead atoms. The maximum Gasteiger partial charge on any atom is 0.253 e. The largest absolute Gasteiger partial charge is 0.368 e. The molecule has 1 amide bonds. The van der Waals surface area contributed by atoms with Crippen LogP contribution < -0.4 is 4.90 Å². The molecule has 1 aromatic carbocycles. The zero-order valence-electron chi connectivity index (χ0n) is 14.7. The molecular formula is C20H23N3O3. The molecule has 3 heterocycles. The number of nitrogens with zero attached hydrogens (tertiary/aromatic N) is 3. The first-order chi connectivity index (χ1) is 12.7. The molecule has 6 heteroatoms. The van der Waals surface area contributed by atoms with Gasteiger partial charge in [0.15, 0.2) is 0 Å². The molecule has 0 radical (unpaired) electrons. The number of ether oxygens (including phenoxy) is 2. The quantitative estimate of drug-likeness (QED) is 0.841. The van der Waals surface area contributed by atoms with Gasteiger partial charge in [0.1, 0.15) is 12.2 Å². The highest BCUT2D eigenvalue weighted by Crippen LogP contribution is 2.27. The maximum absolute atomic E-state index is 12.5. The summed E-state index contributed by atoms with van der Waals surface area (Å²) in [5.41, 5.74) is 1.60. The monoisotopic (exact) mass is 353 g/mol. The van der Waals surface area contributed by atoms with Crippen molar-refractivity contribution in [2.24, 2.45) is 0 Å². The molecular weight excluding hydrogens is 330 g/mol. The Kier molecular flexibility index (Phi) is 4.97. The average Bonchev–Trinajstić information content (AvgIpc) is 2.82. The van der Waals surface area contributed by atoms with Gasteiger partial charge in [-0.05, 0) is 29.8 Å². The molecule has 1 atom stereocenters. The Balaban J connectivity index is 1.53. The summed E-state index contributed by atoms with van der Waals surface area (Å²) >= 11 is 0. The molecule has 0 saturated carbocycles. The topological polar surface area (TPSA) is 54.9 Å². The lowest BCUT2D eigenvalue weighted by molar-refractivity contribution is -0.135. The number of pyridine rings is 1. The number of morpholine rings is 1. The van der Waals surface area contributed by atoms with E-state index in [1.807, 2.05) is 54.9 Å². The predicted octanol–water partition coefficient (Wildman–Crippen LogP) is 1.72. The summed E-state index contributed by atoms with van der Waals surface area (Å²) in [5, 5.41) is 0. The SMILES string of the molecule is O=C1COCC2(CN(Cc3ccncc3)CCO2)CN1c1ccccc1. The zero-order chi connectivity index (χ0) is 17.8. The molecule has 1 aromatic heterocycles. The van der Waals surface area contributed by atoms with Crippen LogP contribution in [-0.4, -0.2) is 60.8 Å². The molecule has 2 saturated heterocycles. The van der Waals surface area contributed by atoms with E-state index in [1.54, 1.807) is 4.90 Å². The Morgan fingerprint density at radius 3 is 2.69 bits per heavy atom. The van der Waals surface area contributed by atoms with Crippen LogP contribution in [-0.2, 0) is 20.8 Å². The summed E-state index contributed by atoms with van der Waals surface area (Å²) in [5.74, 6) is -0.0251. The van der Waals surface area contributed by atoms with E-state index in [9.17, 15) is 4.79 Å². The molecule has 0 aliphatic carbocycles. The fraction of sp³-hybridized carbons (Fsp3) is 0.400. The summed E-state index contributed by atoms with van der Waals surface area (Å²) in [4.78, 5) is 20.8. The number of carbonyl (C=O) groups is 1. The highest BCUT2D eigenvalue weighted by Gasteiger charge is 2.42. The number of benzene rings is 1. The first-order valence-electron chi connectivity index (χ1n) is 8.93. The smallest absolute Gasteiger partial charge is 0.253 e. The van der Waals surface area contributed by atoms with Crippen molar-refractivity contribution in [3.05, 3.63) is 60.4 Å². The summed E-state index contributed by atoms with van der Waals surface area (Å²) in [6, 6.07) is 13.8. The van der Waals surface area contributed by atoms with Gasteiger partial charge >= 0.3 is 0 Å². The van der Waals surface area contributed by atoms with Crippen molar-refractivity contribution in [1.29, 1.82) is 0 Å². The van der Waals surface area contributed by atoms with Crippen LogP contribution in [0.3, 0.4) is 0 Å². The lowest BCUT2D eigenvalue weighted by Crippen LogP contribution is -2.59. The third-order valence-electron chi connectivity index (χ3n) is 4.89. The van der Waals surface area contributed by atoms with Crippen LogP contribution in [0.15, 0.2) is 54.9 Å². The Bertz CT molecular complexity index is 740. The standard InChI is InChI=1S/C20H23N3O3/c24-19-13-25-16-20(15-23(19)18-4-2-1-3-5-18)14-22(10-11-26-20)12-17-6-8-21-9-7-17/h1-9H,10-16H2. The molecule has 0 N–H and O–H groups in total. The van der Waals surface area contributed by atoms with Gasteiger partial charge in [0, 0.05) is 37.7 Å². The number of aromatic nitrogens is 1. The second-order valence-corrected chi connectivity index (χ2v) is 6.91. The van der Waals surface area contributed by atoms with Gasteiger partial charge in [-0.1, -0.05) is 18.2 Å². The van der Waals surface area contributed by atoms with Gasteiger partial charge in [-0.3, -0.25) is 14.7 Å². The molecule has 6 nitrogen and oxygen atoms in total. The van der Waals surface area contributed by atoms with Gasteiger partial charge in [0.25, 0.3) is 5.91 Å². The van der Waals surface area contributed by atoms with E-state index in [4.69, 9.17) is 9.47 Å². The van der Waals surface area contributed by atoms with Crippen molar-refractivity contribution in [3.8, 4) is 0 Å². The lowest BCUT2D eigenvalue weighted by Gasteiger charge is -2.43. The normalized spacial score (nSPS) is 24.6. The minimum Gasteiger partial charge on any atom is -0.368 e. The molecule has 1 spiro atoms. The number of hydrogen-bond donors (Lipinski definition) is 0. The van der Waals surface area contributed by atoms with Crippen LogP contribution in [0, 0.1) is 0 Å². The van der Waals surface area contributed by atoms with E-state index in [0.717, 1.165) is 25.3 Å². The minimum absolute atomic E-state index is 0.0251. The number of para-hydroxylation sites is 1. The fourth-order valence-electron chi connectivity index (χ4n) is 3.66. The minimum atomic E-state index is -0.507. The van der Waals surface area contributed by atoms with Crippen molar-refractivity contribution in [3.63, 3.8) is 0 Å². The van der Waals surface area contributed by atoms with E-state index >= 15 is 0 Å². The van der Waals surface area contributed by atoms with Crippen LogP contribution in [0.1, 0.15) is 5.56 Å². The predicted molar refractivity (Wildman–Crippen MR) is 97.8 cm³/mol. The van der Waals surface area contributed by atoms with Crippen molar-refractivity contribution in [1.82, 2.24) is 9.88 Å². The third kappa shape index (κ3) is 3.77. The highest BCUT2D eigenvalue weighted by atomic mass is 16.5. The Morgan fingerprint density at radius 1 is 1.08 bits per heavy atom. The second-order valence-electron chi connectivity index (χ2n) is 6.91. The Hall–Kier alpha value is -2.28. The van der Waals surface area contributed by atoms with Crippen LogP contribution in [0.25, 0.3) is 0 Å². The van der Waals surface area contributed by atoms with Crippen LogP contribution >= 0.6 is 0 Å². The lowest BCUT2D eigenvalue weighted by atomic mass is 10.0. The van der Waals surface area contributed by atoms with E-state index in [2.05, 4.69) is 9.88 Å². The molecule has 26 heavy (non-hydrogen) atoms. The van der Waals surface area contributed by atoms with Crippen molar-refractivity contribution >= 4 is 11.6 Å². The molecule has 2 aliphatic rings. The number of amides is 1. The molecule has 2 aromatic rings. The third-order valence-corrected chi connectivity index (χ3v) is 4.89. The molecule has 136 valence electrons. The van der Waals surface area contributed by atoms with Crippen molar-refractivity contribution in [2.45, 2.75) is 12.1 Å². The van der Waals surface area contributed by atoms with Crippen molar-refractivity contribution in [2.75, 3.05) is 44.4 Å². The van der Waals surface area contributed by atoms with Gasteiger partial charge in [0.05, 0.1) is 19.8 Å². The van der Waals surface area contributed by atoms with Crippen molar-refractivity contribution < 1.29 is 14.3 Å². The molecule has 4 rings (SSSR count). The second kappa shape index (κ2) is 7.53. The maximum atomic E-state index is 12.5. The van der Waals surface area contributed by atoms with Gasteiger partial charge in [-0.2, -0.15) is 0 Å².